The Morgan fingerprint density at radius 3 is 2.48 bits per heavy atom. The largest absolute Gasteiger partial charge is 0.324 e. The minimum Gasteiger partial charge on any atom is -0.324 e. The molecule has 2 aromatic carbocycles. The smallest absolute Gasteiger partial charge is 0.224 e. The number of rotatable bonds is 4. The summed E-state index contributed by atoms with van der Waals surface area (Å²) in [5, 5.41) is 3.56. The van der Waals surface area contributed by atoms with Crippen LogP contribution in [0.25, 0.3) is 0 Å². The van der Waals surface area contributed by atoms with Gasteiger partial charge >= 0.3 is 0 Å². The maximum Gasteiger partial charge on any atom is 0.224 e. The quantitative estimate of drug-likeness (QED) is 0.737. The molecule has 2 nitrogen and oxygen atoms in total. The minimum absolute atomic E-state index is 0.147. The van der Waals surface area contributed by atoms with Crippen molar-refractivity contribution in [2.24, 2.45) is 0 Å². The maximum absolute atomic E-state index is 13.6. The Balaban J connectivity index is 1.99. The lowest BCUT2D eigenvalue weighted by atomic mass is 10.1. The molecular formula is C15H11BrCl2FNO. The van der Waals surface area contributed by atoms with Crippen LogP contribution in [0.15, 0.2) is 40.9 Å². The van der Waals surface area contributed by atoms with Gasteiger partial charge in [0.15, 0.2) is 0 Å². The number of hydrogen-bond acceptors (Lipinski definition) is 1. The van der Waals surface area contributed by atoms with Gasteiger partial charge in [0, 0.05) is 20.9 Å². The second-order valence-corrected chi connectivity index (χ2v) is 6.10. The summed E-state index contributed by atoms with van der Waals surface area (Å²) in [6, 6.07) is 9.62. The molecule has 0 bridgehead atoms. The highest BCUT2D eigenvalue weighted by Gasteiger charge is 2.10. The van der Waals surface area contributed by atoms with E-state index < -0.39 is 5.82 Å². The van der Waals surface area contributed by atoms with Crippen LogP contribution in [0.4, 0.5) is 10.1 Å². The lowest BCUT2D eigenvalue weighted by Crippen LogP contribution is -2.13. The van der Waals surface area contributed by atoms with Crippen molar-refractivity contribution in [2.45, 2.75) is 12.8 Å². The molecule has 0 aliphatic rings. The van der Waals surface area contributed by atoms with E-state index in [9.17, 15) is 9.18 Å². The van der Waals surface area contributed by atoms with Crippen molar-refractivity contribution in [3.8, 4) is 0 Å². The molecule has 0 heterocycles. The molecule has 0 aromatic heterocycles. The summed E-state index contributed by atoms with van der Waals surface area (Å²) in [5.41, 5.74) is 0.862. The third kappa shape index (κ3) is 4.43. The predicted octanol–water partition coefficient (Wildman–Crippen LogP) is 5.47. The SMILES string of the molecule is O=C(CCc1c(Cl)cccc1Cl)Nc1ccc(Br)cc1F. The molecule has 0 saturated heterocycles. The van der Waals surface area contributed by atoms with Crippen LogP contribution in [0.5, 0.6) is 0 Å². The van der Waals surface area contributed by atoms with Gasteiger partial charge in [0.05, 0.1) is 5.69 Å². The van der Waals surface area contributed by atoms with E-state index in [0.717, 1.165) is 0 Å². The second kappa shape index (κ2) is 7.25. The van der Waals surface area contributed by atoms with Crippen molar-refractivity contribution < 1.29 is 9.18 Å². The van der Waals surface area contributed by atoms with Crippen molar-refractivity contribution in [1.82, 2.24) is 0 Å². The Morgan fingerprint density at radius 1 is 1.19 bits per heavy atom. The van der Waals surface area contributed by atoms with Crippen molar-refractivity contribution in [3.63, 3.8) is 0 Å². The lowest BCUT2D eigenvalue weighted by Gasteiger charge is -2.08. The zero-order valence-corrected chi connectivity index (χ0v) is 13.9. The molecular weight excluding hydrogens is 380 g/mol. The van der Waals surface area contributed by atoms with Gasteiger partial charge in [0.1, 0.15) is 5.82 Å². The van der Waals surface area contributed by atoms with E-state index in [1.165, 1.54) is 12.1 Å². The number of hydrogen-bond donors (Lipinski definition) is 1. The molecule has 0 unspecified atom stereocenters. The van der Waals surface area contributed by atoms with Crippen molar-refractivity contribution in [2.75, 3.05) is 5.32 Å². The van der Waals surface area contributed by atoms with E-state index in [2.05, 4.69) is 21.2 Å². The van der Waals surface area contributed by atoms with Gasteiger partial charge < -0.3 is 5.32 Å². The number of carbonyl (C=O) groups excluding carboxylic acids is 1. The van der Waals surface area contributed by atoms with E-state index in [1.807, 2.05) is 0 Å². The molecule has 0 aliphatic carbocycles. The average Bonchev–Trinajstić information content (AvgIpc) is 2.41. The van der Waals surface area contributed by atoms with Crippen LogP contribution in [-0.4, -0.2) is 5.91 Å². The molecule has 0 saturated carbocycles. The van der Waals surface area contributed by atoms with Gasteiger partial charge in [-0.25, -0.2) is 4.39 Å². The highest BCUT2D eigenvalue weighted by Crippen LogP contribution is 2.26. The Morgan fingerprint density at radius 2 is 1.86 bits per heavy atom. The van der Waals surface area contributed by atoms with Gasteiger partial charge in [0.25, 0.3) is 0 Å². The van der Waals surface area contributed by atoms with Gasteiger partial charge in [-0.2, -0.15) is 0 Å². The summed E-state index contributed by atoms with van der Waals surface area (Å²) in [6.45, 7) is 0. The fourth-order valence-electron chi connectivity index (χ4n) is 1.81. The van der Waals surface area contributed by atoms with Crippen LogP contribution < -0.4 is 5.32 Å². The van der Waals surface area contributed by atoms with Gasteiger partial charge in [-0.05, 0) is 42.3 Å². The van der Waals surface area contributed by atoms with Gasteiger partial charge in [-0.15, -0.1) is 0 Å². The molecule has 6 heteroatoms. The van der Waals surface area contributed by atoms with E-state index >= 15 is 0 Å². The van der Waals surface area contributed by atoms with Crippen LogP contribution in [0.1, 0.15) is 12.0 Å². The Kier molecular flexibility index (Phi) is 5.62. The normalized spacial score (nSPS) is 10.5. The first-order valence-corrected chi connectivity index (χ1v) is 7.70. The van der Waals surface area contributed by atoms with E-state index in [0.29, 0.717) is 26.5 Å². The fraction of sp³-hybridized carbons (Fsp3) is 0.133. The highest BCUT2D eigenvalue weighted by atomic mass is 79.9. The van der Waals surface area contributed by atoms with Gasteiger partial charge in [0.2, 0.25) is 5.91 Å². The summed E-state index contributed by atoms with van der Waals surface area (Å²) in [6.07, 6.45) is 0.557. The van der Waals surface area contributed by atoms with E-state index in [1.54, 1.807) is 24.3 Å². The summed E-state index contributed by atoms with van der Waals surface area (Å²) in [5.74, 6) is -0.791. The number of benzene rings is 2. The monoisotopic (exact) mass is 389 g/mol. The molecule has 0 aliphatic heterocycles. The van der Waals surface area contributed by atoms with Gasteiger partial charge in [-0.3, -0.25) is 4.79 Å². The van der Waals surface area contributed by atoms with Crippen molar-refractivity contribution in [3.05, 3.63) is 62.3 Å². The topological polar surface area (TPSA) is 29.1 Å². The van der Waals surface area contributed by atoms with Crippen LogP contribution in [0, 0.1) is 5.82 Å². The zero-order chi connectivity index (χ0) is 15.4. The number of nitrogens with one attached hydrogen (secondary N) is 1. The van der Waals surface area contributed by atoms with Crippen molar-refractivity contribution in [1.29, 1.82) is 0 Å². The molecule has 0 atom stereocenters. The number of anilines is 1. The summed E-state index contributed by atoms with van der Waals surface area (Å²) < 4.78 is 14.2. The Hall–Kier alpha value is -1.10. The molecule has 0 fully saturated rings. The van der Waals surface area contributed by atoms with E-state index in [-0.39, 0.29) is 18.0 Å². The van der Waals surface area contributed by atoms with E-state index in [4.69, 9.17) is 23.2 Å². The molecule has 0 radical (unpaired) electrons. The summed E-state index contributed by atoms with van der Waals surface area (Å²) >= 11 is 15.2. The standard InChI is InChI=1S/C15H11BrCl2FNO/c16-9-4-6-14(13(19)8-9)20-15(21)7-5-10-11(17)2-1-3-12(10)18/h1-4,6,8H,5,7H2,(H,20,21). The third-order valence-electron chi connectivity index (χ3n) is 2.87. The summed E-state index contributed by atoms with van der Waals surface area (Å²) in [4.78, 5) is 11.9. The maximum atomic E-state index is 13.6. The highest BCUT2D eigenvalue weighted by molar-refractivity contribution is 9.10. The Labute approximate surface area is 140 Å². The third-order valence-corrected chi connectivity index (χ3v) is 4.07. The molecule has 1 N–H and O–H groups in total. The van der Waals surface area contributed by atoms with Gasteiger partial charge in [-0.1, -0.05) is 45.2 Å². The van der Waals surface area contributed by atoms with Crippen LogP contribution >= 0.6 is 39.1 Å². The molecule has 0 spiro atoms. The number of amides is 1. The fourth-order valence-corrected chi connectivity index (χ4v) is 2.73. The first-order valence-electron chi connectivity index (χ1n) is 6.15. The van der Waals surface area contributed by atoms with Crippen molar-refractivity contribution >= 4 is 50.7 Å². The Bertz CT molecular complexity index is 658. The number of carbonyl (C=O) groups is 1. The first kappa shape index (κ1) is 16.3. The minimum atomic E-state index is -0.492. The van der Waals surface area contributed by atoms with Crippen LogP contribution in [-0.2, 0) is 11.2 Å². The molecule has 2 rings (SSSR count). The van der Waals surface area contributed by atoms with Crippen LogP contribution in [0.3, 0.4) is 0 Å². The molecule has 110 valence electrons. The predicted molar refractivity (Wildman–Crippen MR) is 87.5 cm³/mol. The average molecular weight is 391 g/mol. The second-order valence-electron chi connectivity index (χ2n) is 4.37. The number of halogens is 4. The summed E-state index contributed by atoms with van der Waals surface area (Å²) in [7, 11) is 0. The lowest BCUT2D eigenvalue weighted by molar-refractivity contribution is -0.116. The zero-order valence-electron chi connectivity index (χ0n) is 10.8. The van der Waals surface area contributed by atoms with Crippen LogP contribution in [0.2, 0.25) is 10.0 Å². The molecule has 1 amide bonds. The molecule has 21 heavy (non-hydrogen) atoms. The first-order chi connectivity index (χ1) is 9.97. The molecule has 2 aromatic rings.